The van der Waals surface area contributed by atoms with Crippen LogP contribution in [0.25, 0.3) is 11.6 Å². The van der Waals surface area contributed by atoms with Crippen molar-refractivity contribution in [3.8, 4) is 23.3 Å². The minimum absolute atomic E-state index is 0.0324. The normalized spacial score (nSPS) is 19.7. The first-order valence-electron chi connectivity index (χ1n) is 11.7. The van der Waals surface area contributed by atoms with Crippen molar-refractivity contribution in [2.24, 2.45) is 0 Å². The van der Waals surface area contributed by atoms with E-state index in [1.165, 1.54) is 25.3 Å². The van der Waals surface area contributed by atoms with Crippen LogP contribution in [0.5, 0.6) is 17.2 Å². The number of hydrogen-bond donors (Lipinski definition) is 0. The number of ether oxygens (including phenoxy) is 3. The van der Waals surface area contributed by atoms with E-state index in [1.54, 1.807) is 6.08 Å². The van der Waals surface area contributed by atoms with Crippen LogP contribution in [-0.4, -0.2) is 27.2 Å². The van der Waals surface area contributed by atoms with E-state index in [9.17, 15) is 26.9 Å². The zero-order valence-corrected chi connectivity index (χ0v) is 21.8. The number of hydrogen-bond acceptors (Lipinski definition) is 7. The van der Waals surface area contributed by atoms with E-state index < -0.39 is 32.4 Å². The van der Waals surface area contributed by atoms with Gasteiger partial charge in [0.25, 0.3) is 0 Å². The summed E-state index contributed by atoms with van der Waals surface area (Å²) < 4.78 is 87.0. The minimum atomic E-state index is -4.72. The molecule has 2 unspecified atom stereocenters. The molecule has 0 aromatic heterocycles. The van der Waals surface area contributed by atoms with Crippen molar-refractivity contribution in [2.75, 3.05) is 7.11 Å². The Kier molecular flexibility index (Phi) is 6.36. The predicted octanol–water partition coefficient (Wildman–Crippen LogP) is 6.16. The number of nitriles is 1. The molecule has 0 spiro atoms. The summed E-state index contributed by atoms with van der Waals surface area (Å²) in [5.41, 5.74) is 0.623. The molecule has 1 fully saturated rings. The third kappa shape index (κ3) is 5.05. The molecule has 2 atom stereocenters. The van der Waals surface area contributed by atoms with E-state index >= 15 is 0 Å². The molecule has 0 aliphatic carbocycles. The van der Waals surface area contributed by atoms with Gasteiger partial charge in [-0.1, -0.05) is 18.2 Å². The number of fused-ring (bicyclic) bond motifs is 3. The van der Waals surface area contributed by atoms with Crippen LogP contribution in [0.2, 0.25) is 0 Å². The minimum Gasteiger partial charge on any atom is -0.493 e. The Bertz CT molecular complexity index is 1640. The lowest BCUT2D eigenvalue weighted by molar-refractivity contribution is -0.137. The fourth-order valence-electron chi connectivity index (χ4n) is 4.52. The zero-order valence-electron chi connectivity index (χ0n) is 20.9. The van der Waals surface area contributed by atoms with Gasteiger partial charge in [-0.25, -0.2) is 0 Å². The highest BCUT2D eigenvalue weighted by atomic mass is 32.2. The van der Waals surface area contributed by atoms with E-state index in [0.717, 1.165) is 29.3 Å². The van der Waals surface area contributed by atoms with Gasteiger partial charge in [0.2, 0.25) is 0 Å². The molecule has 0 saturated carbocycles. The summed E-state index contributed by atoms with van der Waals surface area (Å²) in [6, 6.07) is 15.0. The highest BCUT2D eigenvalue weighted by molar-refractivity contribution is 7.87. The van der Waals surface area contributed by atoms with Crippen LogP contribution >= 0.6 is 0 Å². The lowest BCUT2D eigenvalue weighted by atomic mass is 9.90. The number of benzene rings is 3. The Hall–Kier alpha value is -4.01. The SMILES string of the molecule is COc1cc(/C(C#N)=C/c2cccc3c2C2OC2C(C)(C)O3)ccc1OS(=O)(=O)c1cccc(C(F)(F)F)c1. The van der Waals surface area contributed by atoms with Crippen LogP contribution in [0.1, 0.15) is 42.2 Å². The van der Waals surface area contributed by atoms with Gasteiger partial charge in [0, 0.05) is 5.56 Å². The molecular weight excluding hydrogens is 535 g/mol. The van der Waals surface area contributed by atoms with Gasteiger partial charge in [0.05, 0.1) is 24.3 Å². The van der Waals surface area contributed by atoms with Crippen LogP contribution in [0.3, 0.4) is 0 Å². The molecule has 3 aromatic rings. The monoisotopic (exact) mass is 557 g/mol. The Balaban J connectivity index is 1.46. The molecule has 2 aliphatic heterocycles. The van der Waals surface area contributed by atoms with Gasteiger partial charge in [-0.15, -0.1) is 0 Å². The molecule has 11 heteroatoms. The summed E-state index contributed by atoms with van der Waals surface area (Å²) in [7, 11) is -3.35. The summed E-state index contributed by atoms with van der Waals surface area (Å²) in [4.78, 5) is -0.666. The third-order valence-electron chi connectivity index (χ3n) is 6.48. The quantitative estimate of drug-likeness (QED) is 0.155. The molecular formula is C28H22F3NO6S. The third-order valence-corrected chi connectivity index (χ3v) is 7.71. The zero-order chi connectivity index (χ0) is 28.2. The maximum Gasteiger partial charge on any atom is 0.416 e. The fourth-order valence-corrected chi connectivity index (χ4v) is 5.50. The Labute approximate surface area is 223 Å². The van der Waals surface area contributed by atoms with Gasteiger partial charge in [-0.05, 0) is 73.5 Å². The summed E-state index contributed by atoms with van der Waals surface area (Å²) in [6.07, 6.45) is -3.30. The summed E-state index contributed by atoms with van der Waals surface area (Å²) in [5, 5.41) is 9.92. The first-order valence-corrected chi connectivity index (χ1v) is 13.1. The van der Waals surface area contributed by atoms with E-state index in [4.69, 9.17) is 18.4 Å². The van der Waals surface area contributed by atoms with Crippen molar-refractivity contribution >= 4 is 21.8 Å². The number of epoxide rings is 1. The second-order valence-electron chi connectivity index (χ2n) is 9.54. The van der Waals surface area contributed by atoms with Crippen LogP contribution in [-0.2, 0) is 21.0 Å². The number of rotatable bonds is 6. The van der Waals surface area contributed by atoms with E-state index in [2.05, 4.69) is 6.07 Å². The maximum atomic E-state index is 13.1. The van der Waals surface area contributed by atoms with Crippen molar-refractivity contribution in [3.63, 3.8) is 0 Å². The Morgan fingerprint density at radius 3 is 2.51 bits per heavy atom. The summed E-state index contributed by atoms with van der Waals surface area (Å²) in [5.74, 6) is 0.388. The molecule has 39 heavy (non-hydrogen) atoms. The number of alkyl halides is 3. The molecule has 0 N–H and O–H groups in total. The molecule has 3 aromatic carbocycles. The number of halogens is 3. The largest absolute Gasteiger partial charge is 0.493 e. The van der Waals surface area contributed by atoms with E-state index in [0.29, 0.717) is 17.4 Å². The molecule has 2 aliphatic rings. The summed E-state index contributed by atoms with van der Waals surface area (Å²) >= 11 is 0. The van der Waals surface area contributed by atoms with Crippen molar-refractivity contribution in [3.05, 3.63) is 82.9 Å². The highest BCUT2D eigenvalue weighted by Gasteiger charge is 2.57. The first-order chi connectivity index (χ1) is 18.3. The van der Waals surface area contributed by atoms with Gasteiger partial charge in [0.1, 0.15) is 28.5 Å². The van der Waals surface area contributed by atoms with Gasteiger partial charge in [0.15, 0.2) is 11.5 Å². The number of methoxy groups -OCH3 is 1. The molecule has 0 bridgehead atoms. The molecule has 0 radical (unpaired) electrons. The van der Waals surface area contributed by atoms with Gasteiger partial charge in [-0.3, -0.25) is 0 Å². The van der Waals surface area contributed by atoms with Crippen LogP contribution in [0, 0.1) is 11.3 Å². The Morgan fingerprint density at radius 2 is 1.82 bits per heavy atom. The lowest BCUT2D eigenvalue weighted by Gasteiger charge is -2.30. The van der Waals surface area contributed by atoms with Crippen LogP contribution in [0.4, 0.5) is 13.2 Å². The second-order valence-corrected chi connectivity index (χ2v) is 11.1. The van der Waals surface area contributed by atoms with Crippen molar-refractivity contribution in [1.29, 1.82) is 5.26 Å². The van der Waals surface area contributed by atoms with Crippen LogP contribution < -0.4 is 13.7 Å². The summed E-state index contributed by atoms with van der Waals surface area (Å²) in [6.45, 7) is 3.90. The van der Waals surface area contributed by atoms with Crippen molar-refractivity contribution in [1.82, 2.24) is 0 Å². The molecule has 0 amide bonds. The number of nitrogens with zero attached hydrogens (tertiary/aromatic N) is 1. The average Bonchev–Trinajstić information content (AvgIpc) is 3.69. The fraction of sp³-hybridized carbons (Fsp3) is 0.250. The average molecular weight is 558 g/mol. The van der Waals surface area contributed by atoms with Gasteiger partial charge >= 0.3 is 16.3 Å². The molecule has 2 heterocycles. The topological polar surface area (TPSA) is 98.2 Å². The Morgan fingerprint density at radius 1 is 1.08 bits per heavy atom. The highest BCUT2D eigenvalue weighted by Crippen LogP contribution is 2.55. The second kappa shape index (κ2) is 9.32. The molecule has 1 saturated heterocycles. The van der Waals surface area contributed by atoms with Crippen LogP contribution in [0.15, 0.2) is 65.6 Å². The van der Waals surface area contributed by atoms with Gasteiger partial charge < -0.3 is 18.4 Å². The maximum absolute atomic E-state index is 13.1. The van der Waals surface area contributed by atoms with Gasteiger partial charge in [-0.2, -0.15) is 26.9 Å². The number of allylic oxidation sites excluding steroid dienone is 1. The van der Waals surface area contributed by atoms with Crippen molar-refractivity contribution in [2.45, 2.75) is 42.7 Å². The van der Waals surface area contributed by atoms with Crippen molar-refractivity contribution < 1.29 is 40.0 Å². The predicted molar refractivity (Wildman–Crippen MR) is 134 cm³/mol. The molecule has 202 valence electrons. The molecule has 7 nitrogen and oxygen atoms in total. The van der Waals surface area contributed by atoms with E-state index in [1.807, 2.05) is 32.0 Å². The first kappa shape index (κ1) is 26.6. The standard InChI is InChI=1S/C28H22F3NO6S/c1-27(2)26-25(36-26)24-17(6-4-9-22(24)37-27)12-18(15-32)16-10-11-21(23(13-16)35-3)38-39(33,34)20-8-5-7-19(14-20)28(29,30)31/h4-14,25-26H,1-3H3/b18-12+. The smallest absolute Gasteiger partial charge is 0.416 e. The molecule has 5 rings (SSSR count). The van der Waals surface area contributed by atoms with E-state index in [-0.39, 0.29) is 29.3 Å². The lowest BCUT2D eigenvalue weighted by Crippen LogP contribution is -2.37.